The topological polar surface area (TPSA) is 46.5 Å². The Morgan fingerprint density at radius 1 is 1.50 bits per heavy atom. The van der Waals surface area contributed by atoms with E-state index in [1.165, 1.54) is 7.11 Å². The number of hydrogen-bond donors (Lipinski definition) is 1. The monoisotopic (exact) mass is 264 g/mol. The van der Waals surface area contributed by atoms with Crippen molar-refractivity contribution in [1.29, 1.82) is 0 Å². The van der Waals surface area contributed by atoms with E-state index in [2.05, 4.69) is 16.6 Å². The Hall–Kier alpha value is -1.44. The summed E-state index contributed by atoms with van der Waals surface area (Å²) >= 11 is 1.68. The molecular weight excluding hydrogens is 248 g/mol. The Morgan fingerprint density at radius 2 is 2.33 bits per heavy atom. The van der Waals surface area contributed by atoms with E-state index in [0.29, 0.717) is 6.42 Å². The maximum Gasteiger partial charge on any atom is 0.306 e. The standard InChI is InChI=1S/C14H16O3S/c1-17-14(16)7-9-18-11-13-5-2-4-12(10-13)6-3-8-15/h2,4-5,10,15H,7-9,11H2,1H3. The highest BCUT2D eigenvalue weighted by atomic mass is 32.2. The zero-order valence-corrected chi connectivity index (χ0v) is 11.1. The second-order valence-corrected chi connectivity index (χ2v) is 4.64. The van der Waals surface area contributed by atoms with Crippen LogP contribution in [0.5, 0.6) is 0 Å². The molecule has 0 atom stereocenters. The lowest BCUT2D eigenvalue weighted by atomic mass is 10.1. The summed E-state index contributed by atoms with van der Waals surface area (Å²) in [4.78, 5) is 10.9. The number of carbonyl (C=O) groups excluding carboxylic acids is 1. The van der Waals surface area contributed by atoms with Gasteiger partial charge in [0.25, 0.3) is 0 Å². The van der Waals surface area contributed by atoms with Gasteiger partial charge in [-0.3, -0.25) is 4.79 Å². The van der Waals surface area contributed by atoms with Crippen molar-refractivity contribution in [2.45, 2.75) is 12.2 Å². The van der Waals surface area contributed by atoms with Crippen LogP contribution < -0.4 is 0 Å². The molecule has 0 amide bonds. The Kier molecular flexibility index (Phi) is 7.00. The third kappa shape index (κ3) is 5.76. The summed E-state index contributed by atoms with van der Waals surface area (Å²) in [6.07, 6.45) is 0.436. The first-order valence-corrected chi connectivity index (χ1v) is 6.75. The van der Waals surface area contributed by atoms with E-state index in [4.69, 9.17) is 5.11 Å². The summed E-state index contributed by atoms with van der Waals surface area (Å²) in [5.74, 6) is 6.90. The molecule has 3 nitrogen and oxygen atoms in total. The second-order valence-electron chi connectivity index (χ2n) is 3.54. The first kappa shape index (κ1) is 14.6. The summed E-state index contributed by atoms with van der Waals surface area (Å²) < 4.78 is 4.57. The van der Waals surface area contributed by atoms with Crippen LogP contribution in [0.2, 0.25) is 0 Å². The third-order valence-electron chi connectivity index (χ3n) is 2.19. The molecule has 0 spiro atoms. The number of rotatable bonds is 5. The van der Waals surface area contributed by atoms with E-state index in [1.807, 2.05) is 24.3 Å². The summed E-state index contributed by atoms with van der Waals surface area (Å²) in [6, 6.07) is 7.87. The van der Waals surface area contributed by atoms with Crippen LogP contribution in [0.15, 0.2) is 24.3 Å². The van der Waals surface area contributed by atoms with Gasteiger partial charge in [0.2, 0.25) is 0 Å². The number of esters is 1. The van der Waals surface area contributed by atoms with Gasteiger partial charge in [0.05, 0.1) is 13.5 Å². The summed E-state index contributed by atoms with van der Waals surface area (Å²) in [5, 5.41) is 8.62. The van der Waals surface area contributed by atoms with E-state index in [9.17, 15) is 4.79 Å². The van der Waals surface area contributed by atoms with Gasteiger partial charge in [-0.25, -0.2) is 0 Å². The van der Waals surface area contributed by atoms with Crippen LogP contribution in [0.4, 0.5) is 0 Å². The van der Waals surface area contributed by atoms with Crippen LogP contribution in [0.1, 0.15) is 17.5 Å². The molecule has 0 saturated carbocycles. The lowest BCUT2D eigenvalue weighted by Gasteiger charge is -2.02. The fourth-order valence-corrected chi connectivity index (χ4v) is 2.20. The number of aliphatic hydroxyl groups excluding tert-OH is 1. The average molecular weight is 264 g/mol. The number of benzene rings is 1. The minimum Gasteiger partial charge on any atom is -0.469 e. The van der Waals surface area contributed by atoms with Crippen molar-refractivity contribution in [2.75, 3.05) is 19.5 Å². The molecule has 1 rings (SSSR count). The molecule has 1 aromatic rings. The fourth-order valence-electron chi connectivity index (χ4n) is 1.33. The molecule has 0 radical (unpaired) electrons. The SMILES string of the molecule is COC(=O)CCSCc1cccc(C#CCO)c1. The lowest BCUT2D eigenvalue weighted by Crippen LogP contribution is -2.01. The van der Waals surface area contributed by atoms with Crippen molar-refractivity contribution in [1.82, 2.24) is 0 Å². The average Bonchev–Trinajstić information content (AvgIpc) is 2.41. The van der Waals surface area contributed by atoms with Gasteiger partial charge in [-0.2, -0.15) is 11.8 Å². The number of ether oxygens (including phenoxy) is 1. The number of aliphatic hydroxyl groups is 1. The predicted molar refractivity (Wildman–Crippen MR) is 73.2 cm³/mol. The molecule has 4 heteroatoms. The van der Waals surface area contributed by atoms with E-state index >= 15 is 0 Å². The molecule has 18 heavy (non-hydrogen) atoms. The number of carbonyl (C=O) groups is 1. The summed E-state index contributed by atoms with van der Waals surface area (Å²) in [5.41, 5.74) is 2.06. The van der Waals surface area contributed by atoms with Gasteiger partial charge in [-0.15, -0.1) is 0 Å². The van der Waals surface area contributed by atoms with E-state index in [1.54, 1.807) is 11.8 Å². The lowest BCUT2D eigenvalue weighted by molar-refractivity contribution is -0.140. The van der Waals surface area contributed by atoms with E-state index < -0.39 is 0 Å². The van der Waals surface area contributed by atoms with E-state index in [-0.39, 0.29) is 12.6 Å². The molecule has 0 fully saturated rings. The van der Waals surface area contributed by atoms with Crippen molar-refractivity contribution in [3.8, 4) is 11.8 Å². The molecule has 0 unspecified atom stereocenters. The molecule has 0 heterocycles. The highest BCUT2D eigenvalue weighted by Crippen LogP contribution is 2.14. The van der Waals surface area contributed by atoms with Gasteiger partial charge < -0.3 is 9.84 Å². The fraction of sp³-hybridized carbons (Fsp3) is 0.357. The molecule has 96 valence electrons. The Balaban J connectivity index is 2.40. The predicted octanol–water partition coefficient (Wildman–Crippen LogP) is 1.83. The maximum atomic E-state index is 10.9. The van der Waals surface area contributed by atoms with Crippen LogP contribution in [0.25, 0.3) is 0 Å². The van der Waals surface area contributed by atoms with Gasteiger partial charge in [-0.05, 0) is 17.7 Å². The highest BCUT2D eigenvalue weighted by molar-refractivity contribution is 7.98. The quantitative estimate of drug-likeness (QED) is 0.501. The second kappa shape index (κ2) is 8.62. The van der Waals surface area contributed by atoms with Crippen LogP contribution in [0.3, 0.4) is 0 Å². The number of thioether (sulfide) groups is 1. The Labute approximate surface area is 112 Å². The Morgan fingerprint density at radius 3 is 3.06 bits per heavy atom. The first-order chi connectivity index (χ1) is 8.76. The molecule has 0 bridgehead atoms. The first-order valence-electron chi connectivity index (χ1n) is 5.59. The third-order valence-corrected chi connectivity index (χ3v) is 3.22. The molecule has 0 saturated heterocycles. The molecule has 0 aromatic heterocycles. The molecule has 0 aliphatic heterocycles. The minimum absolute atomic E-state index is 0.127. The largest absolute Gasteiger partial charge is 0.469 e. The summed E-state index contributed by atoms with van der Waals surface area (Å²) in [7, 11) is 1.40. The minimum atomic E-state index is -0.176. The molecule has 1 aromatic carbocycles. The molecular formula is C14H16O3S. The van der Waals surface area contributed by atoms with Gasteiger partial charge in [0.15, 0.2) is 0 Å². The van der Waals surface area contributed by atoms with Crippen molar-refractivity contribution in [3.63, 3.8) is 0 Å². The number of methoxy groups -OCH3 is 1. The van der Waals surface area contributed by atoms with Crippen LogP contribution in [0, 0.1) is 11.8 Å². The molecule has 0 aliphatic carbocycles. The van der Waals surface area contributed by atoms with Gasteiger partial charge in [0, 0.05) is 17.1 Å². The normalized spacial score (nSPS) is 9.44. The highest BCUT2D eigenvalue weighted by Gasteiger charge is 2.00. The summed E-state index contributed by atoms with van der Waals surface area (Å²) in [6.45, 7) is -0.127. The zero-order valence-electron chi connectivity index (χ0n) is 10.3. The van der Waals surface area contributed by atoms with Gasteiger partial charge >= 0.3 is 5.97 Å². The van der Waals surface area contributed by atoms with Crippen LogP contribution >= 0.6 is 11.8 Å². The van der Waals surface area contributed by atoms with Crippen molar-refractivity contribution < 1.29 is 14.6 Å². The number of hydrogen-bond acceptors (Lipinski definition) is 4. The van der Waals surface area contributed by atoms with E-state index in [0.717, 1.165) is 22.6 Å². The molecule has 1 N–H and O–H groups in total. The van der Waals surface area contributed by atoms with Crippen LogP contribution in [-0.2, 0) is 15.3 Å². The maximum absolute atomic E-state index is 10.9. The molecule has 0 aliphatic rings. The van der Waals surface area contributed by atoms with Crippen molar-refractivity contribution in [2.24, 2.45) is 0 Å². The Bertz CT molecular complexity index is 446. The smallest absolute Gasteiger partial charge is 0.306 e. The van der Waals surface area contributed by atoms with Crippen molar-refractivity contribution >= 4 is 17.7 Å². The van der Waals surface area contributed by atoms with Gasteiger partial charge in [-0.1, -0.05) is 24.0 Å². The zero-order chi connectivity index (χ0) is 13.2. The van der Waals surface area contributed by atoms with Crippen molar-refractivity contribution in [3.05, 3.63) is 35.4 Å². The van der Waals surface area contributed by atoms with Crippen LogP contribution in [-0.4, -0.2) is 30.5 Å². The van der Waals surface area contributed by atoms with Gasteiger partial charge in [0.1, 0.15) is 6.61 Å².